The average molecular weight is 323 g/mol. The molecule has 7 N–H and O–H groups in total. The van der Waals surface area contributed by atoms with E-state index in [-0.39, 0.29) is 5.75 Å². The molecule has 0 fully saturated rings. The zero-order valence-electron chi connectivity index (χ0n) is 11.7. The van der Waals surface area contributed by atoms with E-state index in [1.807, 2.05) is 0 Å². The molecule has 0 saturated heterocycles. The van der Waals surface area contributed by atoms with E-state index in [4.69, 9.17) is 10.8 Å². The molecule has 0 saturated carbocycles. The third kappa shape index (κ3) is 6.29. The molecule has 0 aromatic heterocycles. The van der Waals surface area contributed by atoms with Crippen LogP contribution in [0, 0.1) is 0 Å². The molecular formula is C11H21N3O6S. The van der Waals surface area contributed by atoms with Crippen LogP contribution in [0.2, 0.25) is 0 Å². The molecule has 122 valence electrons. The molecule has 0 bridgehead atoms. The maximum Gasteiger partial charge on any atom is 0.328 e. The lowest BCUT2D eigenvalue weighted by molar-refractivity contribution is -0.145. The van der Waals surface area contributed by atoms with Crippen LogP contribution in [0.1, 0.15) is 13.8 Å². The summed E-state index contributed by atoms with van der Waals surface area (Å²) in [5.74, 6) is -3.13. The van der Waals surface area contributed by atoms with Gasteiger partial charge < -0.3 is 31.7 Å². The van der Waals surface area contributed by atoms with E-state index >= 15 is 0 Å². The van der Waals surface area contributed by atoms with Gasteiger partial charge in [0.2, 0.25) is 11.8 Å². The number of amides is 2. The second kappa shape index (κ2) is 8.82. The number of thiol groups is 1. The van der Waals surface area contributed by atoms with Gasteiger partial charge in [-0.05, 0) is 13.8 Å². The lowest BCUT2D eigenvalue weighted by Gasteiger charge is -2.23. The van der Waals surface area contributed by atoms with Crippen LogP contribution in [0.25, 0.3) is 0 Å². The number of aliphatic hydroxyl groups is 2. The Morgan fingerprint density at radius 2 is 1.62 bits per heavy atom. The molecule has 0 aromatic carbocycles. The molecule has 0 spiro atoms. The molecule has 5 atom stereocenters. The number of hydrogen-bond acceptors (Lipinski definition) is 7. The van der Waals surface area contributed by atoms with E-state index < -0.39 is 48.1 Å². The molecule has 10 heteroatoms. The highest BCUT2D eigenvalue weighted by molar-refractivity contribution is 7.80. The second-order valence-corrected chi connectivity index (χ2v) is 4.94. The highest BCUT2D eigenvalue weighted by Crippen LogP contribution is 1.98. The molecule has 0 aliphatic heterocycles. The Kier molecular flexibility index (Phi) is 8.25. The van der Waals surface area contributed by atoms with Gasteiger partial charge in [-0.25, -0.2) is 4.79 Å². The molecule has 2 amide bonds. The summed E-state index contributed by atoms with van der Waals surface area (Å²) in [5.41, 5.74) is 5.41. The highest BCUT2D eigenvalue weighted by Gasteiger charge is 2.30. The van der Waals surface area contributed by atoms with Crippen LogP contribution in [-0.4, -0.2) is 69.2 Å². The monoisotopic (exact) mass is 323 g/mol. The van der Waals surface area contributed by atoms with Crippen LogP contribution in [0.5, 0.6) is 0 Å². The number of rotatable bonds is 8. The maximum absolute atomic E-state index is 11.9. The SMILES string of the molecule is CC(O)C(N)C(=O)NC(CS)C(=O)NC(C(=O)O)C(C)O. The lowest BCUT2D eigenvalue weighted by Crippen LogP contribution is -2.58. The molecule has 9 nitrogen and oxygen atoms in total. The maximum atomic E-state index is 11.9. The van der Waals surface area contributed by atoms with Crippen LogP contribution in [0.15, 0.2) is 0 Å². The number of carbonyl (C=O) groups excluding carboxylic acids is 2. The van der Waals surface area contributed by atoms with Gasteiger partial charge in [-0.15, -0.1) is 0 Å². The fourth-order valence-corrected chi connectivity index (χ4v) is 1.58. The zero-order valence-corrected chi connectivity index (χ0v) is 12.6. The van der Waals surface area contributed by atoms with Gasteiger partial charge >= 0.3 is 5.97 Å². The van der Waals surface area contributed by atoms with Crippen LogP contribution in [-0.2, 0) is 14.4 Å². The standard InChI is InChI=1S/C11H21N3O6S/c1-4(15)7(12)10(18)13-6(3-21)9(17)14-8(5(2)16)11(19)20/h4-8,15-16,21H,3,12H2,1-2H3,(H,13,18)(H,14,17)(H,19,20). The Hall–Kier alpha value is -1.36. The van der Waals surface area contributed by atoms with Gasteiger partial charge in [-0.1, -0.05) is 0 Å². The average Bonchev–Trinajstić information content (AvgIpc) is 2.39. The van der Waals surface area contributed by atoms with E-state index in [0.29, 0.717) is 0 Å². The van der Waals surface area contributed by atoms with E-state index in [2.05, 4.69) is 23.3 Å². The number of nitrogens with one attached hydrogen (secondary N) is 2. The first kappa shape index (κ1) is 19.6. The molecule has 0 rings (SSSR count). The van der Waals surface area contributed by atoms with Crippen molar-refractivity contribution in [2.45, 2.75) is 44.2 Å². The Labute approximate surface area is 127 Å². The van der Waals surface area contributed by atoms with Crippen molar-refractivity contribution < 1.29 is 29.7 Å². The molecule has 0 aliphatic carbocycles. The lowest BCUT2D eigenvalue weighted by atomic mass is 10.1. The molecular weight excluding hydrogens is 302 g/mol. The number of carboxylic acid groups (broad SMARTS) is 1. The predicted octanol–water partition coefficient (Wildman–Crippen LogP) is -2.94. The fourth-order valence-electron chi connectivity index (χ4n) is 1.32. The van der Waals surface area contributed by atoms with Gasteiger partial charge in [0.25, 0.3) is 0 Å². The first-order chi connectivity index (χ1) is 9.61. The minimum atomic E-state index is -1.51. The van der Waals surface area contributed by atoms with Crippen molar-refractivity contribution in [2.24, 2.45) is 5.73 Å². The first-order valence-electron chi connectivity index (χ1n) is 6.17. The topological polar surface area (TPSA) is 162 Å². The number of hydrogen-bond donors (Lipinski definition) is 7. The molecule has 5 unspecified atom stereocenters. The number of aliphatic carboxylic acids is 1. The second-order valence-electron chi connectivity index (χ2n) is 4.58. The van der Waals surface area contributed by atoms with Crippen LogP contribution >= 0.6 is 12.6 Å². The first-order valence-corrected chi connectivity index (χ1v) is 6.81. The van der Waals surface area contributed by atoms with E-state index in [1.54, 1.807) is 0 Å². The smallest absolute Gasteiger partial charge is 0.328 e. The van der Waals surface area contributed by atoms with Crippen molar-refractivity contribution >= 4 is 30.4 Å². The Bertz CT molecular complexity index is 390. The van der Waals surface area contributed by atoms with Gasteiger partial charge in [0.05, 0.1) is 12.2 Å². The number of aliphatic hydroxyl groups excluding tert-OH is 2. The van der Waals surface area contributed by atoms with Gasteiger partial charge in [0.15, 0.2) is 6.04 Å². The fraction of sp³-hybridized carbons (Fsp3) is 0.727. The summed E-state index contributed by atoms with van der Waals surface area (Å²) in [4.78, 5) is 34.4. The minimum absolute atomic E-state index is 0.115. The summed E-state index contributed by atoms with van der Waals surface area (Å²) in [6.07, 6.45) is -2.43. The Morgan fingerprint density at radius 1 is 1.10 bits per heavy atom. The predicted molar refractivity (Wildman–Crippen MR) is 76.7 cm³/mol. The van der Waals surface area contributed by atoms with Crippen molar-refractivity contribution in [1.29, 1.82) is 0 Å². The van der Waals surface area contributed by atoms with Crippen LogP contribution < -0.4 is 16.4 Å². The summed E-state index contributed by atoms with van der Waals surface area (Å²) in [7, 11) is 0. The van der Waals surface area contributed by atoms with Crippen molar-refractivity contribution in [1.82, 2.24) is 10.6 Å². The number of carboxylic acids is 1. The van der Waals surface area contributed by atoms with Crippen LogP contribution in [0.4, 0.5) is 0 Å². The van der Waals surface area contributed by atoms with Crippen molar-refractivity contribution in [2.75, 3.05) is 5.75 Å². The largest absolute Gasteiger partial charge is 0.480 e. The van der Waals surface area contributed by atoms with Crippen LogP contribution in [0.3, 0.4) is 0 Å². The Balaban J connectivity index is 4.76. The van der Waals surface area contributed by atoms with Gasteiger partial charge in [-0.3, -0.25) is 9.59 Å². The summed E-state index contributed by atoms with van der Waals surface area (Å²) >= 11 is 3.89. The van der Waals surface area contributed by atoms with Gasteiger partial charge in [-0.2, -0.15) is 12.6 Å². The number of carbonyl (C=O) groups is 3. The summed E-state index contributed by atoms with van der Waals surface area (Å²) in [5, 5.41) is 31.6. The highest BCUT2D eigenvalue weighted by atomic mass is 32.1. The van der Waals surface area contributed by atoms with Gasteiger partial charge in [0, 0.05) is 5.75 Å². The molecule has 21 heavy (non-hydrogen) atoms. The third-order valence-corrected chi connectivity index (χ3v) is 3.05. The third-order valence-electron chi connectivity index (χ3n) is 2.68. The van der Waals surface area contributed by atoms with Crippen molar-refractivity contribution in [3.05, 3.63) is 0 Å². The summed E-state index contributed by atoms with van der Waals surface area (Å²) < 4.78 is 0. The van der Waals surface area contributed by atoms with Crippen molar-refractivity contribution in [3.63, 3.8) is 0 Å². The quantitative estimate of drug-likeness (QED) is 0.235. The van der Waals surface area contributed by atoms with E-state index in [9.17, 15) is 24.6 Å². The summed E-state index contributed by atoms with van der Waals surface area (Å²) in [6, 6.07) is -3.89. The van der Waals surface area contributed by atoms with Gasteiger partial charge in [0.1, 0.15) is 12.1 Å². The molecule has 0 aromatic rings. The Morgan fingerprint density at radius 3 is 1.95 bits per heavy atom. The molecule has 0 aliphatic rings. The summed E-state index contributed by atoms with van der Waals surface area (Å²) in [6.45, 7) is 2.52. The van der Waals surface area contributed by atoms with Crippen molar-refractivity contribution in [3.8, 4) is 0 Å². The van der Waals surface area contributed by atoms with E-state index in [0.717, 1.165) is 0 Å². The normalized spacial score (nSPS) is 18.0. The zero-order chi connectivity index (χ0) is 16.7. The van der Waals surface area contributed by atoms with E-state index in [1.165, 1.54) is 13.8 Å². The number of nitrogens with two attached hydrogens (primary N) is 1. The molecule has 0 heterocycles. The molecule has 0 radical (unpaired) electrons. The minimum Gasteiger partial charge on any atom is -0.480 e.